The van der Waals surface area contributed by atoms with Gasteiger partial charge in [0.1, 0.15) is 0 Å². The second-order valence-electron chi connectivity index (χ2n) is 5.17. The Morgan fingerprint density at radius 1 is 1.00 bits per heavy atom. The summed E-state index contributed by atoms with van der Waals surface area (Å²) in [5, 5.41) is 0. The van der Waals surface area contributed by atoms with Gasteiger partial charge in [0.25, 0.3) is 0 Å². The second-order valence-corrected chi connectivity index (χ2v) is 5.17. The number of rotatable bonds is 1. The SMILES string of the molecule is CCC1CCCN(C(=O)N2CCCC2)CC1. The van der Waals surface area contributed by atoms with Crippen LogP contribution in [0.4, 0.5) is 4.79 Å². The van der Waals surface area contributed by atoms with Crippen LogP contribution in [0.15, 0.2) is 0 Å². The summed E-state index contributed by atoms with van der Waals surface area (Å²) < 4.78 is 0. The van der Waals surface area contributed by atoms with E-state index in [1.807, 2.05) is 4.90 Å². The molecular formula is C13H24N2O. The van der Waals surface area contributed by atoms with Gasteiger partial charge in [-0.05, 0) is 38.0 Å². The lowest BCUT2D eigenvalue weighted by atomic mass is 9.98. The highest BCUT2D eigenvalue weighted by molar-refractivity contribution is 5.74. The molecule has 1 atom stereocenters. The predicted molar refractivity (Wildman–Crippen MR) is 65.4 cm³/mol. The quantitative estimate of drug-likeness (QED) is 0.672. The first-order valence-electron chi connectivity index (χ1n) is 6.85. The lowest BCUT2D eigenvalue weighted by molar-refractivity contribution is 0.163. The Bertz CT molecular complexity index is 236. The third kappa shape index (κ3) is 2.69. The molecule has 0 aromatic rings. The first-order chi connectivity index (χ1) is 7.81. The molecule has 0 spiro atoms. The molecule has 2 amide bonds. The fourth-order valence-electron chi connectivity index (χ4n) is 2.87. The molecule has 92 valence electrons. The zero-order chi connectivity index (χ0) is 11.4. The van der Waals surface area contributed by atoms with Crippen LogP contribution < -0.4 is 0 Å². The molecule has 2 heterocycles. The Hall–Kier alpha value is -0.730. The van der Waals surface area contributed by atoms with E-state index in [1.54, 1.807) is 0 Å². The third-order valence-corrected chi connectivity index (χ3v) is 4.07. The topological polar surface area (TPSA) is 23.6 Å². The van der Waals surface area contributed by atoms with Crippen molar-refractivity contribution in [3.05, 3.63) is 0 Å². The maximum Gasteiger partial charge on any atom is 0.319 e. The molecule has 3 heteroatoms. The summed E-state index contributed by atoms with van der Waals surface area (Å²) in [6.45, 7) is 6.18. The largest absolute Gasteiger partial charge is 0.325 e. The Morgan fingerprint density at radius 3 is 2.31 bits per heavy atom. The molecule has 2 fully saturated rings. The monoisotopic (exact) mass is 224 g/mol. The minimum absolute atomic E-state index is 0.300. The lowest BCUT2D eigenvalue weighted by Crippen LogP contribution is -2.42. The van der Waals surface area contributed by atoms with Crippen molar-refractivity contribution in [3.8, 4) is 0 Å². The molecule has 1 unspecified atom stereocenters. The Morgan fingerprint density at radius 2 is 1.62 bits per heavy atom. The van der Waals surface area contributed by atoms with E-state index < -0.39 is 0 Å². The van der Waals surface area contributed by atoms with Crippen molar-refractivity contribution in [1.82, 2.24) is 9.80 Å². The Kier molecular flexibility index (Phi) is 4.08. The minimum atomic E-state index is 0.300. The molecule has 2 aliphatic heterocycles. The predicted octanol–water partition coefficient (Wildman–Crippen LogP) is 2.71. The van der Waals surface area contributed by atoms with Crippen molar-refractivity contribution in [2.24, 2.45) is 5.92 Å². The van der Waals surface area contributed by atoms with Gasteiger partial charge in [-0.2, -0.15) is 0 Å². The molecule has 0 bridgehead atoms. The minimum Gasteiger partial charge on any atom is -0.325 e. The van der Waals surface area contributed by atoms with E-state index in [9.17, 15) is 4.79 Å². The number of carbonyl (C=O) groups is 1. The molecule has 2 aliphatic rings. The van der Waals surface area contributed by atoms with Crippen molar-refractivity contribution in [2.45, 2.75) is 45.4 Å². The van der Waals surface area contributed by atoms with Gasteiger partial charge in [0.05, 0.1) is 0 Å². The van der Waals surface area contributed by atoms with Gasteiger partial charge in [-0.15, -0.1) is 0 Å². The van der Waals surface area contributed by atoms with Crippen LogP contribution in [-0.2, 0) is 0 Å². The maximum atomic E-state index is 12.2. The normalized spacial score (nSPS) is 26.9. The van der Waals surface area contributed by atoms with E-state index in [0.717, 1.165) is 32.1 Å². The van der Waals surface area contributed by atoms with Crippen LogP contribution in [0.2, 0.25) is 0 Å². The fraction of sp³-hybridized carbons (Fsp3) is 0.923. The summed E-state index contributed by atoms with van der Waals surface area (Å²) in [7, 11) is 0. The van der Waals surface area contributed by atoms with Gasteiger partial charge in [-0.1, -0.05) is 13.3 Å². The molecule has 0 aromatic carbocycles. The molecule has 0 saturated carbocycles. The smallest absolute Gasteiger partial charge is 0.319 e. The second kappa shape index (κ2) is 5.55. The van der Waals surface area contributed by atoms with Crippen LogP contribution in [0.5, 0.6) is 0 Å². The highest BCUT2D eigenvalue weighted by Gasteiger charge is 2.25. The summed E-state index contributed by atoms with van der Waals surface area (Å²) in [6, 6.07) is 0.300. The molecule has 0 aliphatic carbocycles. The summed E-state index contributed by atoms with van der Waals surface area (Å²) in [4.78, 5) is 16.3. The number of hydrogen-bond donors (Lipinski definition) is 0. The molecular weight excluding hydrogens is 200 g/mol. The Labute approximate surface area is 98.8 Å². The van der Waals surface area contributed by atoms with Crippen LogP contribution in [0.3, 0.4) is 0 Å². The van der Waals surface area contributed by atoms with E-state index in [-0.39, 0.29) is 0 Å². The Balaban J connectivity index is 1.86. The van der Waals surface area contributed by atoms with Crippen molar-refractivity contribution < 1.29 is 4.79 Å². The number of hydrogen-bond acceptors (Lipinski definition) is 1. The highest BCUT2D eigenvalue weighted by Crippen LogP contribution is 2.21. The summed E-state index contributed by atoms with van der Waals surface area (Å²) in [5.74, 6) is 0.844. The fourth-order valence-corrected chi connectivity index (χ4v) is 2.87. The highest BCUT2D eigenvalue weighted by atomic mass is 16.2. The van der Waals surface area contributed by atoms with E-state index in [1.165, 1.54) is 38.5 Å². The van der Waals surface area contributed by atoms with E-state index in [4.69, 9.17) is 0 Å². The zero-order valence-electron chi connectivity index (χ0n) is 10.5. The van der Waals surface area contributed by atoms with Gasteiger partial charge in [-0.3, -0.25) is 0 Å². The zero-order valence-corrected chi connectivity index (χ0v) is 10.5. The van der Waals surface area contributed by atoms with Gasteiger partial charge >= 0.3 is 6.03 Å². The van der Waals surface area contributed by atoms with Crippen LogP contribution >= 0.6 is 0 Å². The van der Waals surface area contributed by atoms with Gasteiger partial charge in [-0.25, -0.2) is 4.79 Å². The third-order valence-electron chi connectivity index (χ3n) is 4.07. The molecule has 16 heavy (non-hydrogen) atoms. The van der Waals surface area contributed by atoms with Gasteiger partial charge in [0, 0.05) is 26.2 Å². The van der Waals surface area contributed by atoms with Crippen LogP contribution in [0.1, 0.15) is 45.4 Å². The van der Waals surface area contributed by atoms with Gasteiger partial charge < -0.3 is 9.80 Å². The standard InChI is InChI=1S/C13H24N2O/c1-2-12-6-5-10-15(11-7-12)13(16)14-8-3-4-9-14/h12H,2-11H2,1H3. The number of nitrogens with zero attached hydrogens (tertiary/aromatic N) is 2. The summed E-state index contributed by atoms with van der Waals surface area (Å²) in [5.41, 5.74) is 0. The summed E-state index contributed by atoms with van der Waals surface area (Å²) in [6.07, 6.45) is 7.36. The van der Waals surface area contributed by atoms with Gasteiger partial charge in [0.15, 0.2) is 0 Å². The molecule has 2 saturated heterocycles. The number of likely N-dealkylation sites (tertiary alicyclic amines) is 2. The van der Waals surface area contributed by atoms with Crippen LogP contribution in [-0.4, -0.2) is 42.0 Å². The van der Waals surface area contributed by atoms with Crippen molar-refractivity contribution >= 4 is 6.03 Å². The van der Waals surface area contributed by atoms with E-state index in [2.05, 4.69) is 11.8 Å². The number of amides is 2. The molecule has 0 radical (unpaired) electrons. The number of urea groups is 1. The van der Waals surface area contributed by atoms with Gasteiger partial charge in [0.2, 0.25) is 0 Å². The molecule has 3 nitrogen and oxygen atoms in total. The van der Waals surface area contributed by atoms with E-state index >= 15 is 0 Å². The maximum absolute atomic E-state index is 12.2. The lowest BCUT2D eigenvalue weighted by Gasteiger charge is -2.26. The van der Waals surface area contributed by atoms with Crippen LogP contribution in [0.25, 0.3) is 0 Å². The van der Waals surface area contributed by atoms with Crippen molar-refractivity contribution in [1.29, 1.82) is 0 Å². The molecule has 0 N–H and O–H groups in total. The molecule has 0 aromatic heterocycles. The van der Waals surface area contributed by atoms with Crippen LogP contribution in [0, 0.1) is 5.92 Å². The van der Waals surface area contributed by atoms with E-state index in [0.29, 0.717) is 6.03 Å². The van der Waals surface area contributed by atoms with Crippen molar-refractivity contribution in [3.63, 3.8) is 0 Å². The summed E-state index contributed by atoms with van der Waals surface area (Å²) >= 11 is 0. The van der Waals surface area contributed by atoms with Crippen molar-refractivity contribution in [2.75, 3.05) is 26.2 Å². The first kappa shape index (κ1) is 11.7. The molecule has 2 rings (SSSR count). The first-order valence-corrected chi connectivity index (χ1v) is 6.85. The average Bonchev–Trinajstić information content (AvgIpc) is 2.73. The number of carbonyl (C=O) groups excluding carboxylic acids is 1. The average molecular weight is 224 g/mol.